The Balaban J connectivity index is 1.70. The van der Waals surface area contributed by atoms with Crippen molar-refractivity contribution in [2.24, 2.45) is 0 Å². The van der Waals surface area contributed by atoms with Crippen LogP contribution in [0.2, 0.25) is 0 Å². The molecule has 0 aliphatic heterocycles. The van der Waals surface area contributed by atoms with Crippen molar-refractivity contribution in [1.29, 1.82) is 0 Å². The highest BCUT2D eigenvalue weighted by Gasteiger charge is 2.22. The lowest BCUT2D eigenvalue weighted by molar-refractivity contribution is -0.120. The molecule has 2 rings (SSSR count). The van der Waals surface area contributed by atoms with Crippen LogP contribution in [0.15, 0.2) is 12.4 Å². The Bertz CT molecular complexity index is 377. The molecule has 0 aromatic carbocycles. The number of anilines is 2. The van der Waals surface area contributed by atoms with Crippen molar-refractivity contribution in [2.45, 2.75) is 25.3 Å². The molecule has 1 aromatic rings. The zero-order valence-corrected chi connectivity index (χ0v) is 8.94. The van der Waals surface area contributed by atoms with E-state index < -0.39 is 0 Å². The van der Waals surface area contributed by atoms with E-state index in [2.05, 4.69) is 20.6 Å². The molecule has 16 heavy (non-hydrogen) atoms. The molecule has 0 spiro atoms. The summed E-state index contributed by atoms with van der Waals surface area (Å²) in [6.07, 6.45) is 5.72. The summed E-state index contributed by atoms with van der Waals surface area (Å²) in [5, 5.41) is 5.89. The average molecular weight is 221 g/mol. The molecule has 0 saturated heterocycles. The number of carbonyl (C=O) groups excluding carboxylic acids is 1. The minimum absolute atomic E-state index is 0.0671. The van der Waals surface area contributed by atoms with Gasteiger partial charge in [0.25, 0.3) is 0 Å². The molecule has 1 fully saturated rings. The molecule has 6 heteroatoms. The first kappa shape index (κ1) is 10.7. The van der Waals surface area contributed by atoms with Crippen LogP contribution in [0, 0.1) is 0 Å². The van der Waals surface area contributed by atoms with Gasteiger partial charge >= 0.3 is 0 Å². The van der Waals surface area contributed by atoms with E-state index in [0.717, 1.165) is 12.8 Å². The van der Waals surface area contributed by atoms with E-state index in [-0.39, 0.29) is 5.91 Å². The number of hydrogen-bond donors (Lipinski definition) is 3. The number of rotatable bonds is 5. The van der Waals surface area contributed by atoms with Crippen LogP contribution in [0.4, 0.5) is 11.6 Å². The maximum absolute atomic E-state index is 11.4. The smallest absolute Gasteiger partial charge is 0.221 e. The number of nitrogen functional groups attached to an aromatic ring is 1. The van der Waals surface area contributed by atoms with Gasteiger partial charge in [0.1, 0.15) is 0 Å². The summed E-state index contributed by atoms with van der Waals surface area (Å²) >= 11 is 0. The van der Waals surface area contributed by atoms with Gasteiger partial charge in [0, 0.05) is 31.4 Å². The molecule has 86 valence electrons. The Kier molecular flexibility index (Phi) is 3.19. The zero-order chi connectivity index (χ0) is 11.4. The molecule has 1 amide bonds. The Hall–Kier alpha value is -1.85. The number of nitrogens with zero attached hydrogens (tertiary/aromatic N) is 2. The average Bonchev–Trinajstić information content (AvgIpc) is 3.05. The second-order valence-corrected chi connectivity index (χ2v) is 3.81. The first-order valence-electron chi connectivity index (χ1n) is 5.35. The van der Waals surface area contributed by atoms with Gasteiger partial charge in [0.05, 0.1) is 0 Å². The highest BCUT2D eigenvalue weighted by molar-refractivity contribution is 5.77. The molecule has 1 aliphatic rings. The fourth-order valence-corrected chi connectivity index (χ4v) is 1.31. The zero-order valence-electron chi connectivity index (χ0n) is 8.94. The van der Waals surface area contributed by atoms with E-state index in [4.69, 9.17) is 5.73 Å². The first-order valence-corrected chi connectivity index (χ1v) is 5.35. The van der Waals surface area contributed by atoms with Crippen molar-refractivity contribution >= 4 is 17.5 Å². The minimum Gasteiger partial charge on any atom is -0.381 e. The molecule has 0 radical (unpaired) electrons. The van der Waals surface area contributed by atoms with Crippen molar-refractivity contribution in [1.82, 2.24) is 15.3 Å². The maximum Gasteiger partial charge on any atom is 0.221 e. The predicted molar refractivity (Wildman–Crippen MR) is 60.7 cm³/mol. The molecule has 6 nitrogen and oxygen atoms in total. The van der Waals surface area contributed by atoms with Gasteiger partial charge in [-0.2, -0.15) is 0 Å². The molecular formula is C10H15N5O. The van der Waals surface area contributed by atoms with Crippen LogP contribution in [0.3, 0.4) is 0 Å². The number of carbonyl (C=O) groups is 1. The normalized spacial score (nSPS) is 14.5. The molecule has 4 N–H and O–H groups in total. The van der Waals surface area contributed by atoms with Gasteiger partial charge in [0.2, 0.25) is 5.91 Å². The third-order valence-electron chi connectivity index (χ3n) is 2.31. The molecular weight excluding hydrogens is 206 g/mol. The van der Waals surface area contributed by atoms with Gasteiger partial charge < -0.3 is 16.4 Å². The Labute approximate surface area is 93.7 Å². The lowest BCUT2D eigenvalue weighted by Gasteiger charge is -2.07. The third-order valence-corrected chi connectivity index (χ3v) is 2.31. The van der Waals surface area contributed by atoms with Crippen molar-refractivity contribution in [3.63, 3.8) is 0 Å². The second kappa shape index (κ2) is 4.78. The van der Waals surface area contributed by atoms with Gasteiger partial charge in [-0.1, -0.05) is 0 Å². The Morgan fingerprint density at radius 3 is 2.88 bits per heavy atom. The van der Waals surface area contributed by atoms with E-state index in [1.165, 1.54) is 6.20 Å². The SMILES string of the molecule is Nc1nccnc1NCCC(=O)NC1CC1. The second-order valence-electron chi connectivity index (χ2n) is 3.81. The van der Waals surface area contributed by atoms with Crippen LogP contribution in [-0.4, -0.2) is 28.5 Å². The number of nitrogens with two attached hydrogens (primary N) is 1. The van der Waals surface area contributed by atoms with E-state index >= 15 is 0 Å². The highest BCUT2D eigenvalue weighted by Crippen LogP contribution is 2.18. The summed E-state index contributed by atoms with van der Waals surface area (Å²) in [5.41, 5.74) is 5.59. The van der Waals surface area contributed by atoms with Crippen LogP contribution >= 0.6 is 0 Å². The van der Waals surface area contributed by atoms with Gasteiger partial charge in [-0.3, -0.25) is 4.79 Å². The van der Waals surface area contributed by atoms with Gasteiger partial charge in [-0.15, -0.1) is 0 Å². The first-order chi connectivity index (χ1) is 7.75. The predicted octanol–water partition coefficient (Wildman–Crippen LogP) is 0.139. The monoisotopic (exact) mass is 221 g/mol. The molecule has 0 unspecified atom stereocenters. The van der Waals surface area contributed by atoms with Crippen LogP contribution in [0.5, 0.6) is 0 Å². The number of hydrogen-bond acceptors (Lipinski definition) is 5. The summed E-state index contributed by atoms with van der Waals surface area (Å²) < 4.78 is 0. The summed E-state index contributed by atoms with van der Waals surface area (Å²) in [4.78, 5) is 19.3. The van der Waals surface area contributed by atoms with Crippen LogP contribution in [-0.2, 0) is 4.79 Å². The molecule has 0 atom stereocenters. The summed E-state index contributed by atoms with van der Waals surface area (Å²) in [5.74, 6) is 0.948. The highest BCUT2D eigenvalue weighted by atomic mass is 16.1. The summed E-state index contributed by atoms with van der Waals surface area (Å²) in [6, 6.07) is 0.411. The fourth-order valence-electron chi connectivity index (χ4n) is 1.31. The Morgan fingerprint density at radius 1 is 1.44 bits per heavy atom. The molecule has 1 aliphatic carbocycles. The number of aromatic nitrogens is 2. The van der Waals surface area contributed by atoms with Gasteiger partial charge in [-0.05, 0) is 12.8 Å². The van der Waals surface area contributed by atoms with E-state index in [9.17, 15) is 4.79 Å². The minimum atomic E-state index is 0.0671. The standard InChI is InChI=1S/C10H15N5O/c11-9-10(14-6-5-12-9)13-4-3-8(16)15-7-1-2-7/h5-7H,1-4H2,(H2,11,12)(H,13,14)(H,15,16). The summed E-state index contributed by atoms with van der Waals surface area (Å²) in [6.45, 7) is 0.515. The fraction of sp³-hybridized carbons (Fsp3) is 0.500. The van der Waals surface area contributed by atoms with Crippen molar-refractivity contribution in [3.05, 3.63) is 12.4 Å². The van der Waals surface area contributed by atoms with Crippen LogP contribution in [0.1, 0.15) is 19.3 Å². The quantitative estimate of drug-likeness (QED) is 0.657. The Morgan fingerprint density at radius 2 is 2.19 bits per heavy atom. The van der Waals surface area contributed by atoms with Crippen LogP contribution in [0.25, 0.3) is 0 Å². The van der Waals surface area contributed by atoms with Crippen LogP contribution < -0.4 is 16.4 Å². The van der Waals surface area contributed by atoms with E-state index in [0.29, 0.717) is 30.6 Å². The molecule has 1 saturated carbocycles. The van der Waals surface area contributed by atoms with Gasteiger partial charge in [-0.25, -0.2) is 9.97 Å². The largest absolute Gasteiger partial charge is 0.381 e. The molecule has 0 bridgehead atoms. The third kappa shape index (κ3) is 3.08. The lowest BCUT2D eigenvalue weighted by atomic mass is 10.4. The van der Waals surface area contributed by atoms with E-state index in [1.54, 1.807) is 6.20 Å². The summed E-state index contributed by atoms with van der Waals surface area (Å²) in [7, 11) is 0. The number of nitrogens with one attached hydrogen (secondary N) is 2. The number of amides is 1. The molecule has 1 aromatic heterocycles. The van der Waals surface area contributed by atoms with Gasteiger partial charge in [0.15, 0.2) is 11.6 Å². The topological polar surface area (TPSA) is 92.9 Å². The maximum atomic E-state index is 11.4. The van der Waals surface area contributed by atoms with Crippen molar-refractivity contribution in [2.75, 3.05) is 17.6 Å². The van der Waals surface area contributed by atoms with Crippen molar-refractivity contribution < 1.29 is 4.79 Å². The lowest BCUT2D eigenvalue weighted by Crippen LogP contribution is -2.27. The van der Waals surface area contributed by atoms with E-state index in [1.807, 2.05) is 0 Å². The molecule has 1 heterocycles. The van der Waals surface area contributed by atoms with Crippen molar-refractivity contribution in [3.8, 4) is 0 Å².